The molecule has 0 radical (unpaired) electrons. The van der Waals surface area contributed by atoms with Gasteiger partial charge in [-0.1, -0.05) is 127 Å². The molecule has 0 saturated heterocycles. The van der Waals surface area contributed by atoms with Crippen LogP contribution in [0.5, 0.6) is 0 Å². The van der Waals surface area contributed by atoms with E-state index in [1.54, 1.807) is 22.7 Å². The Morgan fingerprint density at radius 3 is 1.77 bits per heavy atom. The summed E-state index contributed by atoms with van der Waals surface area (Å²) < 4.78 is 10.8. The van der Waals surface area contributed by atoms with Crippen LogP contribution in [-0.4, -0.2) is 24.9 Å². The minimum atomic E-state index is 0.629. The van der Waals surface area contributed by atoms with Crippen LogP contribution in [-0.2, 0) is 0 Å². The highest BCUT2D eigenvalue weighted by molar-refractivity contribution is 7.26. The van der Waals surface area contributed by atoms with E-state index < -0.39 is 0 Å². The fourth-order valence-electron chi connectivity index (χ4n) is 7.92. The number of aromatic nitrogens is 5. The molecule has 0 atom stereocenters. The van der Waals surface area contributed by atoms with Gasteiger partial charge in [-0.2, -0.15) is 0 Å². The van der Waals surface area contributed by atoms with Crippen molar-refractivity contribution in [2.24, 2.45) is 0 Å². The minimum absolute atomic E-state index is 0.629. The van der Waals surface area contributed by atoms with Crippen molar-refractivity contribution in [1.82, 2.24) is 24.9 Å². The molecular formula is C49H27N5OS2. The van der Waals surface area contributed by atoms with Crippen LogP contribution in [0.2, 0.25) is 0 Å². The minimum Gasteiger partial charge on any atom is -0.456 e. The average molecular weight is 766 g/mol. The van der Waals surface area contributed by atoms with Gasteiger partial charge in [-0.15, -0.1) is 22.7 Å². The second kappa shape index (κ2) is 12.7. The summed E-state index contributed by atoms with van der Waals surface area (Å²) in [6.07, 6.45) is 0. The summed E-state index contributed by atoms with van der Waals surface area (Å²) in [5.74, 6) is 2.58. The number of furan rings is 1. The van der Waals surface area contributed by atoms with E-state index in [1.165, 1.54) is 4.70 Å². The number of benzene rings is 7. The van der Waals surface area contributed by atoms with Gasteiger partial charge in [-0.3, -0.25) is 0 Å². The van der Waals surface area contributed by atoms with Gasteiger partial charge in [0, 0.05) is 68.8 Å². The molecule has 5 aromatic heterocycles. The van der Waals surface area contributed by atoms with Crippen molar-refractivity contribution >= 4 is 85.1 Å². The van der Waals surface area contributed by atoms with Gasteiger partial charge < -0.3 is 4.42 Å². The number of hydrogen-bond donors (Lipinski definition) is 0. The Bertz CT molecular complexity index is 3480. The number of fused-ring (bicyclic) bond motifs is 9. The molecule has 0 aliphatic heterocycles. The summed E-state index contributed by atoms with van der Waals surface area (Å²) in [6.45, 7) is 0. The normalized spacial score (nSPS) is 11.9. The number of para-hydroxylation sites is 1. The van der Waals surface area contributed by atoms with Gasteiger partial charge in [0.1, 0.15) is 11.2 Å². The van der Waals surface area contributed by atoms with Gasteiger partial charge in [0.25, 0.3) is 0 Å². The van der Waals surface area contributed by atoms with Crippen LogP contribution in [0.1, 0.15) is 0 Å². The van der Waals surface area contributed by atoms with Crippen LogP contribution in [0.4, 0.5) is 0 Å². The van der Waals surface area contributed by atoms with E-state index in [0.29, 0.717) is 23.3 Å². The van der Waals surface area contributed by atoms with E-state index >= 15 is 0 Å². The van der Waals surface area contributed by atoms with Crippen molar-refractivity contribution in [2.45, 2.75) is 0 Å². The van der Waals surface area contributed by atoms with Gasteiger partial charge in [-0.05, 0) is 36.4 Å². The number of thiophene rings is 2. The zero-order valence-electron chi connectivity index (χ0n) is 30.0. The van der Waals surface area contributed by atoms with Crippen molar-refractivity contribution in [3.05, 3.63) is 164 Å². The van der Waals surface area contributed by atoms with Gasteiger partial charge in [0.05, 0.1) is 15.9 Å². The monoisotopic (exact) mass is 765 g/mol. The SMILES string of the molecule is c1ccc(-c2nc(-c3ccccc3)nc(-c3cccc4sc5c(-c6nc(-c7ccc8c(c7)oc7ccccc78)c7sc8ccccc8c7n6)cccc5c34)n2)cc1. The first-order valence-electron chi connectivity index (χ1n) is 18.7. The molecule has 0 spiro atoms. The second-order valence-corrected chi connectivity index (χ2v) is 16.1. The first-order chi connectivity index (χ1) is 28.2. The van der Waals surface area contributed by atoms with Crippen LogP contribution in [0.3, 0.4) is 0 Å². The molecule has 12 aromatic rings. The summed E-state index contributed by atoms with van der Waals surface area (Å²) in [5.41, 5.74) is 8.35. The maximum absolute atomic E-state index is 6.35. The lowest BCUT2D eigenvalue weighted by molar-refractivity contribution is 0.669. The largest absolute Gasteiger partial charge is 0.456 e. The summed E-state index contributed by atoms with van der Waals surface area (Å²) >= 11 is 3.48. The van der Waals surface area contributed by atoms with Crippen LogP contribution in [0.15, 0.2) is 168 Å². The molecule has 0 saturated carbocycles. The molecule has 5 heterocycles. The number of hydrogen-bond acceptors (Lipinski definition) is 8. The van der Waals surface area contributed by atoms with Crippen LogP contribution in [0.25, 0.3) is 119 Å². The maximum Gasteiger partial charge on any atom is 0.164 e. The molecule has 266 valence electrons. The van der Waals surface area contributed by atoms with E-state index in [-0.39, 0.29) is 0 Å². The van der Waals surface area contributed by atoms with E-state index in [1.807, 2.05) is 78.9 Å². The lowest BCUT2D eigenvalue weighted by atomic mass is 10.0. The highest BCUT2D eigenvalue weighted by Gasteiger charge is 2.22. The summed E-state index contributed by atoms with van der Waals surface area (Å²) in [4.78, 5) is 25.9. The molecule has 0 aliphatic rings. The van der Waals surface area contributed by atoms with Gasteiger partial charge in [-0.25, -0.2) is 24.9 Å². The fourth-order valence-corrected chi connectivity index (χ4v) is 10.3. The van der Waals surface area contributed by atoms with E-state index in [2.05, 4.69) is 84.9 Å². The number of nitrogens with zero attached hydrogens (tertiary/aromatic N) is 5. The first kappa shape index (κ1) is 32.1. The third-order valence-electron chi connectivity index (χ3n) is 10.6. The molecule has 0 unspecified atom stereocenters. The molecule has 57 heavy (non-hydrogen) atoms. The summed E-state index contributed by atoms with van der Waals surface area (Å²) in [7, 11) is 0. The Morgan fingerprint density at radius 1 is 0.368 bits per heavy atom. The Morgan fingerprint density at radius 2 is 0.965 bits per heavy atom. The number of rotatable bonds is 5. The predicted octanol–water partition coefficient (Wildman–Crippen LogP) is 13.6. The Labute approximate surface area is 333 Å². The molecule has 0 N–H and O–H groups in total. The zero-order chi connectivity index (χ0) is 37.5. The highest BCUT2D eigenvalue weighted by atomic mass is 32.1. The van der Waals surface area contributed by atoms with Crippen molar-refractivity contribution in [3.63, 3.8) is 0 Å². The quantitative estimate of drug-likeness (QED) is 0.174. The topological polar surface area (TPSA) is 77.6 Å². The van der Waals surface area contributed by atoms with Crippen molar-refractivity contribution < 1.29 is 4.42 Å². The smallest absolute Gasteiger partial charge is 0.164 e. The molecule has 0 bridgehead atoms. The second-order valence-electron chi connectivity index (χ2n) is 14.0. The zero-order valence-corrected chi connectivity index (χ0v) is 31.7. The van der Waals surface area contributed by atoms with Crippen molar-refractivity contribution in [3.8, 4) is 56.8 Å². The van der Waals surface area contributed by atoms with E-state index in [0.717, 1.165) is 91.2 Å². The molecule has 7 aromatic carbocycles. The van der Waals surface area contributed by atoms with Gasteiger partial charge in [0.15, 0.2) is 23.3 Å². The molecule has 0 aliphatic carbocycles. The molecule has 8 heteroatoms. The lowest BCUT2D eigenvalue weighted by Crippen LogP contribution is -2.00. The Balaban J connectivity index is 1.08. The van der Waals surface area contributed by atoms with Gasteiger partial charge >= 0.3 is 0 Å². The van der Waals surface area contributed by atoms with E-state index in [9.17, 15) is 0 Å². The molecule has 0 fully saturated rings. The van der Waals surface area contributed by atoms with Crippen LogP contribution in [0, 0.1) is 0 Å². The summed E-state index contributed by atoms with van der Waals surface area (Å²) in [6, 6.07) is 56.1. The van der Waals surface area contributed by atoms with Crippen LogP contribution < -0.4 is 0 Å². The Hall–Kier alpha value is -7.13. The molecule has 0 amide bonds. The molecular weight excluding hydrogens is 739 g/mol. The highest BCUT2D eigenvalue weighted by Crippen LogP contribution is 2.45. The molecule has 12 rings (SSSR count). The third-order valence-corrected chi connectivity index (χ3v) is 12.9. The lowest BCUT2D eigenvalue weighted by Gasteiger charge is -2.10. The fraction of sp³-hybridized carbons (Fsp3) is 0. The predicted molar refractivity (Wildman–Crippen MR) is 236 cm³/mol. The van der Waals surface area contributed by atoms with Gasteiger partial charge in [0.2, 0.25) is 0 Å². The van der Waals surface area contributed by atoms with Crippen LogP contribution >= 0.6 is 22.7 Å². The standard InChI is InChI=1S/C49H27N5OS2/c1-3-13-28(14-4-1)46-52-47(29-15-5-2-6-16-29)54-48(53-46)35-20-12-24-40-41(35)34-19-11-21-36(44(34)57-40)49-50-42(45-43(51-49)33-18-8-10-23-39(33)56-45)30-25-26-32-31-17-7-9-22-37(31)55-38(32)27-30/h1-27H. The molecule has 6 nitrogen and oxygen atoms in total. The maximum atomic E-state index is 6.35. The Kier molecular flexibility index (Phi) is 7.17. The first-order valence-corrected chi connectivity index (χ1v) is 20.3. The summed E-state index contributed by atoms with van der Waals surface area (Å²) in [5, 5.41) is 5.52. The van der Waals surface area contributed by atoms with Crippen molar-refractivity contribution in [2.75, 3.05) is 0 Å². The van der Waals surface area contributed by atoms with E-state index in [4.69, 9.17) is 29.3 Å². The average Bonchev–Trinajstić information content (AvgIpc) is 3.97. The van der Waals surface area contributed by atoms with Crippen molar-refractivity contribution in [1.29, 1.82) is 0 Å². The third kappa shape index (κ3) is 5.19.